The molecule has 1 amide bonds. The van der Waals surface area contributed by atoms with Crippen molar-refractivity contribution in [3.63, 3.8) is 0 Å². The second-order valence-corrected chi connectivity index (χ2v) is 7.65. The molecule has 7 nitrogen and oxygen atoms in total. The number of carbonyl (C=O) groups is 1. The smallest absolute Gasteiger partial charge is 0.257 e. The van der Waals surface area contributed by atoms with E-state index in [4.69, 9.17) is 14.2 Å². The molecule has 1 fully saturated rings. The van der Waals surface area contributed by atoms with Gasteiger partial charge in [0, 0.05) is 17.6 Å². The van der Waals surface area contributed by atoms with Crippen LogP contribution in [0.2, 0.25) is 0 Å². The first kappa shape index (κ1) is 20.4. The predicted octanol–water partition coefficient (Wildman–Crippen LogP) is 3.74. The number of rotatable bonds is 5. The highest BCUT2D eigenvalue weighted by Crippen LogP contribution is 2.35. The molecule has 8 heteroatoms. The number of amides is 1. The van der Waals surface area contributed by atoms with Crippen molar-refractivity contribution < 1.29 is 19.0 Å². The topological polar surface area (TPSA) is 76.7 Å². The summed E-state index contributed by atoms with van der Waals surface area (Å²) in [6, 6.07) is 11.4. The highest BCUT2D eigenvalue weighted by Gasteiger charge is 2.24. The lowest BCUT2D eigenvalue weighted by atomic mass is 10.1. The number of benzene rings is 2. The van der Waals surface area contributed by atoms with Gasteiger partial charge >= 0.3 is 0 Å². The molecule has 0 atom stereocenters. The summed E-state index contributed by atoms with van der Waals surface area (Å²) in [7, 11) is 3.17. The number of carbonyl (C=O) groups excluding carboxylic acids is 1. The number of imidazole rings is 1. The summed E-state index contributed by atoms with van der Waals surface area (Å²) < 4.78 is 17.0. The standard InChI is InChI=1S/C22H22BrN3O4/c1-28-19-12-14(16(23)13-20(19)29-2)11-15(22(27)26-7-9-30-10-8-26)21-24-17-5-3-4-6-18(17)25-21/h3-6,11-13H,7-10H2,1-2H3,(H,24,25)/b15-11-. The van der Waals surface area contributed by atoms with Crippen LogP contribution < -0.4 is 9.47 Å². The normalized spacial score (nSPS) is 14.8. The van der Waals surface area contributed by atoms with Crippen molar-refractivity contribution in [3.8, 4) is 11.5 Å². The van der Waals surface area contributed by atoms with Crippen molar-refractivity contribution in [1.82, 2.24) is 14.9 Å². The molecule has 1 aromatic heterocycles. The van der Waals surface area contributed by atoms with Crippen LogP contribution in [0.4, 0.5) is 0 Å². The van der Waals surface area contributed by atoms with Crippen molar-refractivity contribution in [2.45, 2.75) is 0 Å². The molecule has 1 aliphatic heterocycles. The van der Waals surface area contributed by atoms with Gasteiger partial charge in [-0.1, -0.05) is 28.1 Å². The molecule has 30 heavy (non-hydrogen) atoms. The van der Waals surface area contributed by atoms with Crippen LogP contribution in [-0.4, -0.2) is 61.3 Å². The number of hydrogen-bond acceptors (Lipinski definition) is 5. The first-order valence-electron chi connectivity index (χ1n) is 9.56. The van der Waals surface area contributed by atoms with Crippen LogP contribution in [0.15, 0.2) is 40.9 Å². The van der Waals surface area contributed by atoms with E-state index >= 15 is 0 Å². The van der Waals surface area contributed by atoms with Crippen molar-refractivity contribution >= 4 is 44.5 Å². The predicted molar refractivity (Wildman–Crippen MR) is 119 cm³/mol. The molecule has 1 N–H and O–H groups in total. The molecule has 0 unspecified atom stereocenters. The van der Waals surface area contributed by atoms with Gasteiger partial charge in [-0.05, 0) is 35.9 Å². The number of fused-ring (bicyclic) bond motifs is 1. The Labute approximate surface area is 182 Å². The molecular weight excluding hydrogens is 450 g/mol. The molecule has 0 bridgehead atoms. The summed E-state index contributed by atoms with van der Waals surface area (Å²) >= 11 is 3.58. The maximum absolute atomic E-state index is 13.4. The third-order valence-electron chi connectivity index (χ3n) is 4.98. The molecule has 0 radical (unpaired) electrons. The Bertz CT molecular complexity index is 1070. The minimum atomic E-state index is -0.0981. The number of methoxy groups -OCH3 is 2. The molecule has 1 aliphatic rings. The minimum absolute atomic E-state index is 0.0981. The molecule has 3 aromatic rings. The van der Waals surface area contributed by atoms with Gasteiger partial charge in [-0.2, -0.15) is 0 Å². The van der Waals surface area contributed by atoms with Crippen LogP contribution >= 0.6 is 15.9 Å². The van der Waals surface area contributed by atoms with E-state index in [1.165, 1.54) is 0 Å². The largest absolute Gasteiger partial charge is 0.493 e. The van der Waals surface area contributed by atoms with Crippen molar-refractivity contribution in [3.05, 3.63) is 52.3 Å². The Morgan fingerprint density at radius 3 is 2.57 bits per heavy atom. The summed E-state index contributed by atoms with van der Waals surface area (Å²) in [5.41, 5.74) is 2.94. The van der Waals surface area contributed by atoms with Crippen LogP contribution in [0.5, 0.6) is 11.5 Å². The Hall–Kier alpha value is -2.84. The lowest BCUT2D eigenvalue weighted by Gasteiger charge is -2.27. The van der Waals surface area contributed by atoms with Crippen LogP contribution in [0, 0.1) is 0 Å². The van der Waals surface area contributed by atoms with Gasteiger partial charge in [0.15, 0.2) is 11.5 Å². The van der Waals surface area contributed by atoms with Crippen LogP contribution in [0.3, 0.4) is 0 Å². The summed E-state index contributed by atoms with van der Waals surface area (Å²) in [4.78, 5) is 23.2. The maximum Gasteiger partial charge on any atom is 0.257 e. The van der Waals surface area contributed by atoms with Gasteiger partial charge in [0.2, 0.25) is 0 Å². The quantitative estimate of drug-likeness (QED) is 0.573. The van der Waals surface area contributed by atoms with E-state index < -0.39 is 0 Å². The molecule has 2 heterocycles. The number of ether oxygens (including phenoxy) is 3. The average Bonchev–Trinajstić information content (AvgIpc) is 3.22. The molecule has 0 spiro atoms. The van der Waals surface area contributed by atoms with Gasteiger partial charge in [0.25, 0.3) is 5.91 Å². The van der Waals surface area contributed by atoms with E-state index in [-0.39, 0.29) is 5.91 Å². The van der Waals surface area contributed by atoms with Gasteiger partial charge in [-0.3, -0.25) is 4.79 Å². The second-order valence-electron chi connectivity index (χ2n) is 6.79. The minimum Gasteiger partial charge on any atom is -0.493 e. The highest BCUT2D eigenvalue weighted by atomic mass is 79.9. The molecule has 2 aromatic carbocycles. The molecule has 4 rings (SSSR count). The van der Waals surface area contributed by atoms with Crippen LogP contribution in [0.25, 0.3) is 22.7 Å². The Balaban J connectivity index is 1.83. The van der Waals surface area contributed by atoms with Crippen molar-refractivity contribution in [1.29, 1.82) is 0 Å². The van der Waals surface area contributed by atoms with E-state index in [1.54, 1.807) is 19.1 Å². The summed E-state index contributed by atoms with van der Waals surface area (Å²) in [6.45, 7) is 2.14. The molecule has 0 aliphatic carbocycles. The zero-order valence-corrected chi connectivity index (χ0v) is 18.4. The number of nitrogens with one attached hydrogen (secondary N) is 1. The van der Waals surface area contributed by atoms with Crippen molar-refractivity contribution in [2.75, 3.05) is 40.5 Å². The van der Waals surface area contributed by atoms with Gasteiger partial charge in [-0.25, -0.2) is 4.98 Å². The number of aromatic amines is 1. The fraction of sp³-hybridized carbons (Fsp3) is 0.273. The van der Waals surface area contributed by atoms with Gasteiger partial charge in [-0.15, -0.1) is 0 Å². The zero-order valence-electron chi connectivity index (χ0n) is 16.8. The molecular formula is C22H22BrN3O4. The summed E-state index contributed by atoms with van der Waals surface area (Å²) in [6.07, 6.45) is 1.82. The number of nitrogens with zero attached hydrogens (tertiary/aromatic N) is 2. The maximum atomic E-state index is 13.4. The second kappa shape index (κ2) is 8.89. The van der Waals surface area contributed by atoms with E-state index in [2.05, 4.69) is 25.9 Å². The number of aromatic nitrogens is 2. The first-order chi connectivity index (χ1) is 14.6. The number of H-pyrrole nitrogens is 1. The number of hydrogen-bond donors (Lipinski definition) is 1. The number of morpholine rings is 1. The van der Waals surface area contributed by atoms with Gasteiger partial charge in [0.1, 0.15) is 5.82 Å². The lowest BCUT2D eigenvalue weighted by molar-refractivity contribution is -0.128. The fourth-order valence-corrected chi connectivity index (χ4v) is 3.82. The van der Waals surface area contributed by atoms with E-state index in [9.17, 15) is 4.79 Å². The number of halogens is 1. The SMILES string of the molecule is COc1cc(Br)c(/C=C(\C(=O)N2CCOCC2)c2nc3ccccc3[nH]2)cc1OC. The van der Waals surface area contributed by atoms with E-state index in [0.29, 0.717) is 49.2 Å². The summed E-state index contributed by atoms with van der Waals surface area (Å²) in [5, 5.41) is 0. The Kier molecular flexibility index (Phi) is 6.06. The molecule has 0 saturated carbocycles. The monoisotopic (exact) mass is 471 g/mol. The summed E-state index contributed by atoms with van der Waals surface area (Å²) in [5.74, 6) is 1.61. The highest BCUT2D eigenvalue weighted by molar-refractivity contribution is 9.10. The Morgan fingerprint density at radius 2 is 1.87 bits per heavy atom. The third-order valence-corrected chi connectivity index (χ3v) is 5.66. The molecule has 1 saturated heterocycles. The Morgan fingerprint density at radius 1 is 1.17 bits per heavy atom. The van der Waals surface area contributed by atoms with Gasteiger partial charge < -0.3 is 24.1 Å². The van der Waals surface area contributed by atoms with Crippen LogP contribution in [0.1, 0.15) is 11.4 Å². The zero-order chi connectivity index (χ0) is 21.1. The fourth-order valence-electron chi connectivity index (χ4n) is 3.38. The third kappa shape index (κ3) is 4.06. The average molecular weight is 472 g/mol. The van der Waals surface area contributed by atoms with Crippen LogP contribution in [-0.2, 0) is 9.53 Å². The van der Waals surface area contributed by atoms with Crippen molar-refractivity contribution in [2.24, 2.45) is 0 Å². The first-order valence-corrected chi connectivity index (χ1v) is 10.4. The lowest BCUT2D eigenvalue weighted by Crippen LogP contribution is -2.41. The van der Waals surface area contributed by atoms with E-state index in [0.717, 1.165) is 21.1 Å². The molecule has 156 valence electrons. The van der Waals surface area contributed by atoms with Gasteiger partial charge in [0.05, 0.1) is 44.0 Å². The number of para-hydroxylation sites is 2. The van der Waals surface area contributed by atoms with E-state index in [1.807, 2.05) is 42.5 Å².